The Morgan fingerprint density at radius 2 is 1.60 bits per heavy atom. The van der Waals surface area contributed by atoms with Crippen LogP contribution in [-0.2, 0) is 4.79 Å². The Balaban J connectivity index is 1.32. The van der Waals surface area contributed by atoms with Crippen LogP contribution >= 0.6 is 0 Å². The summed E-state index contributed by atoms with van der Waals surface area (Å²) in [5.41, 5.74) is 5.98. The second kappa shape index (κ2) is 9.41. The maximum atomic E-state index is 12.6. The van der Waals surface area contributed by atoms with Gasteiger partial charge in [-0.1, -0.05) is 32.1 Å². The highest BCUT2D eigenvalue weighted by Gasteiger charge is 2.28. The summed E-state index contributed by atoms with van der Waals surface area (Å²) in [5.74, 6) is 1.30. The number of rotatable bonds is 5. The van der Waals surface area contributed by atoms with Crippen molar-refractivity contribution < 1.29 is 4.79 Å². The third-order valence-corrected chi connectivity index (χ3v) is 6.04. The summed E-state index contributed by atoms with van der Waals surface area (Å²) < 4.78 is 0. The van der Waals surface area contributed by atoms with E-state index in [0.29, 0.717) is 23.8 Å². The van der Waals surface area contributed by atoms with E-state index < -0.39 is 0 Å². The number of carbonyl (C=O) groups is 1. The van der Waals surface area contributed by atoms with E-state index in [4.69, 9.17) is 5.73 Å². The molecule has 0 radical (unpaired) electrons. The van der Waals surface area contributed by atoms with Crippen LogP contribution in [0.1, 0.15) is 57.8 Å². The zero-order chi connectivity index (χ0) is 17.5. The van der Waals surface area contributed by atoms with Gasteiger partial charge < -0.3 is 16.0 Å². The van der Waals surface area contributed by atoms with Crippen molar-refractivity contribution in [3.63, 3.8) is 0 Å². The maximum absolute atomic E-state index is 12.6. The summed E-state index contributed by atoms with van der Waals surface area (Å²) >= 11 is 0. The molecule has 3 N–H and O–H groups in total. The van der Waals surface area contributed by atoms with Crippen molar-refractivity contribution in [3.05, 3.63) is 0 Å². The Kier molecular flexibility index (Phi) is 6.96. The fraction of sp³-hybridized carbons (Fsp3) is 0.895. The lowest BCUT2D eigenvalue weighted by atomic mass is 9.88. The van der Waals surface area contributed by atoms with Gasteiger partial charge in [-0.3, -0.25) is 14.7 Å². The van der Waals surface area contributed by atoms with Gasteiger partial charge in [0.25, 0.3) is 0 Å². The van der Waals surface area contributed by atoms with E-state index in [-0.39, 0.29) is 0 Å². The molecule has 0 spiro atoms. The lowest BCUT2D eigenvalue weighted by Gasteiger charge is -2.37. The summed E-state index contributed by atoms with van der Waals surface area (Å²) in [6.45, 7) is 5.33. The minimum Gasteiger partial charge on any atom is -0.370 e. The predicted molar refractivity (Wildman–Crippen MR) is 101 cm³/mol. The minimum atomic E-state index is 0.298. The average molecular weight is 350 g/mol. The van der Waals surface area contributed by atoms with Gasteiger partial charge in [-0.15, -0.1) is 0 Å². The SMILES string of the molecule is NC(=NCCN1CCN(C(=O)C2CCCCC2)CC1)NC1CCCC1. The van der Waals surface area contributed by atoms with Crippen molar-refractivity contribution in [2.45, 2.75) is 63.8 Å². The smallest absolute Gasteiger partial charge is 0.225 e. The molecule has 3 fully saturated rings. The minimum absolute atomic E-state index is 0.298. The van der Waals surface area contributed by atoms with E-state index in [9.17, 15) is 4.79 Å². The predicted octanol–water partition coefficient (Wildman–Crippen LogP) is 1.56. The molecule has 3 aliphatic rings. The van der Waals surface area contributed by atoms with Gasteiger partial charge in [0.1, 0.15) is 0 Å². The zero-order valence-corrected chi connectivity index (χ0v) is 15.6. The van der Waals surface area contributed by atoms with Crippen molar-refractivity contribution in [1.82, 2.24) is 15.1 Å². The summed E-state index contributed by atoms with van der Waals surface area (Å²) in [6, 6.07) is 0.526. The van der Waals surface area contributed by atoms with Crippen LogP contribution in [0.4, 0.5) is 0 Å². The van der Waals surface area contributed by atoms with E-state index in [2.05, 4.69) is 20.1 Å². The molecule has 0 aromatic rings. The molecule has 2 aliphatic carbocycles. The third-order valence-electron chi connectivity index (χ3n) is 6.04. The number of amides is 1. The lowest BCUT2D eigenvalue weighted by molar-refractivity contribution is -0.138. The Labute approximate surface area is 152 Å². The van der Waals surface area contributed by atoms with Gasteiger partial charge in [-0.25, -0.2) is 0 Å². The van der Waals surface area contributed by atoms with Gasteiger partial charge in [0.05, 0.1) is 6.54 Å². The summed E-state index contributed by atoms with van der Waals surface area (Å²) in [6.07, 6.45) is 11.0. The molecule has 3 rings (SSSR count). The topological polar surface area (TPSA) is 74.0 Å². The van der Waals surface area contributed by atoms with Crippen LogP contribution < -0.4 is 11.1 Å². The first-order chi connectivity index (χ1) is 12.2. The fourth-order valence-corrected chi connectivity index (χ4v) is 4.44. The van der Waals surface area contributed by atoms with Crippen LogP contribution in [0.15, 0.2) is 4.99 Å². The lowest BCUT2D eigenvalue weighted by Crippen LogP contribution is -2.51. The van der Waals surface area contributed by atoms with E-state index >= 15 is 0 Å². The molecule has 2 saturated carbocycles. The molecule has 1 aliphatic heterocycles. The van der Waals surface area contributed by atoms with Crippen molar-refractivity contribution in [3.8, 4) is 0 Å². The van der Waals surface area contributed by atoms with E-state index in [1.54, 1.807) is 0 Å². The van der Waals surface area contributed by atoms with Gasteiger partial charge >= 0.3 is 0 Å². The average Bonchev–Trinajstić information content (AvgIpc) is 3.15. The van der Waals surface area contributed by atoms with Gasteiger partial charge in [0, 0.05) is 44.7 Å². The van der Waals surface area contributed by atoms with Crippen molar-refractivity contribution in [2.24, 2.45) is 16.6 Å². The van der Waals surface area contributed by atoms with Crippen LogP contribution in [-0.4, -0.2) is 67.0 Å². The number of nitrogens with one attached hydrogen (secondary N) is 1. The Hall–Kier alpha value is -1.30. The fourth-order valence-electron chi connectivity index (χ4n) is 4.44. The highest BCUT2D eigenvalue weighted by atomic mass is 16.2. The normalized spacial score (nSPS) is 24.6. The van der Waals surface area contributed by atoms with Crippen molar-refractivity contribution >= 4 is 11.9 Å². The van der Waals surface area contributed by atoms with Gasteiger partial charge in [-0.05, 0) is 25.7 Å². The van der Waals surface area contributed by atoms with Crippen LogP contribution in [0, 0.1) is 5.92 Å². The number of piperazine rings is 1. The van der Waals surface area contributed by atoms with E-state index in [1.807, 2.05) is 0 Å². The molecule has 142 valence electrons. The summed E-state index contributed by atoms with van der Waals surface area (Å²) in [5, 5.41) is 3.33. The standard InChI is InChI=1S/C19H35N5O/c20-19(22-17-8-4-5-9-17)21-10-11-23-12-14-24(15-13-23)18(25)16-6-2-1-3-7-16/h16-17H,1-15H2,(H3,20,21,22). The number of carbonyl (C=O) groups excluding carboxylic acids is 1. The molecular formula is C19H35N5O. The molecule has 0 unspecified atom stereocenters. The van der Waals surface area contributed by atoms with Crippen LogP contribution in [0.3, 0.4) is 0 Å². The summed E-state index contributed by atoms with van der Waals surface area (Å²) in [4.78, 5) is 21.5. The number of guanidine groups is 1. The van der Waals surface area contributed by atoms with Crippen molar-refractivity contribution in [2.75, 3.05) is 39.3 Å². The molecule has 1 heterocycles. The molecule has 6 heteroatoms. The zero-order valence-electron chi connectivity index (χ0n) is 15.6. The first-order valence-electron chi connectivity index (χ1n) is 10.3. The monoisotopic (exact) mass is 349 g/mol. The second-order valence-corrected chi connectivity index (χ2v) is 7.89. The molecule has 25 heavy (non-hydrogen) atoms. The van der Waals surface area contributed by atoms with E-state index in [1.165, 1.54) is 44.9 Å². The molecule has 0 aromatic heterocycles. The molecule has 0 atom stereocenters. The number of nitrogens with two attached hydrogens (primary N) is 1. The highest BCUT2D eigenvalue weighted by molar-refractivity contribution is 5.79. The molecular weight excluding hydrogens is 314 g/mol. The summed E-state index contributed by atoms with van der Waals surface area (Å²) in [7, 11) is 0. The van der Waals surface area contributed by atoms with Crippen molar-refractivity contribution in [1.29, 1.82) is 0 Å². The van der Waals surface area contributed by atoms with Gasteiger partial charge in [0.15, 0.2) is 5.96 Å². The first-order valence-corrected chi connectivity index (χ1v) is 10.3. The molecule has 1 saturated heterocycles. The second-order valence-electron chi connectivity index (χ2n) is 7.89. The Morgan fingerprint density at radius 1 is 0.960 bits per heavy atom. The quantitative estimate of drug-likeness (QED) is 0.583. The molecule has 6 nitrogen and oxygen atoms in total. The van der Waals surface area contributed by atoms with E-state index in [0.717, 1.165) is 52.1 Å². The van der Waals surface area contributed by atoms with Crippen LogP contribution in [0.2, 0.25) is 0 Å². The van der Waals surface area contributed by atoms with Crippen LogP contribution in [0.25, 0.3) is 0 Å². The Morgan fingerprint density at radius 3 is 2.28 bits per heavy atom. The highest BCUT2D eigenvalue weighted by Crippen LogP contribution is 2.25. The molecule has 0 bridgehead atoms. The van der Waals surface area contributed by atoms with Gasteiger partial charge in [-0.2, -0.15) is 0 Å². The number of hydrogen-bond donors (Lipinski definition) is 2. The third kappa shape index (κ3) is 5.59. The Bertz CT molecular complexity index is 447. The molecule has 0 aromatic carbocycles. The maximum Gasteiger partial charge on any atom is 0.225 e. The number of hydrogen-bond acceptors (Lipinski definition) is 3. The van der Waals surface area contributed by atoms with Gasteiger partial charge in [0.2, 0.25) is 5.91 Å². The molecule has 1 amide bonds. The first kappa shape index (κ1) is 18.5. The van der Waals surface area contributed by atoms with Crippen LogP contribution in [0.5, 0.6) is 0 Å². The number of nitrogens with zero attached hydrogens (tertiary/aromatic N) is 3. The largest absolute Gasteiger partial charge is 0.370 e. The number of aliphatic imine (C=N–C) groups is 1.